The number of pyridine rings is 1. The van der Waals surface area contributed by atoms with Gasteiger partial charge in [-0.1, -0.05) is 35.0 Å². The van der Waals surface area contributed by atoms with Crippen molar-refractivity contribution in [2.45, 2.75) is 20.4 Å². The third-order valence-electron chi connectivity index (χ3n) is 4.60. The van der Waals surface area contributed by atoms with Gasteiger partial charge in [-0.25, -0.2) is 0 Å². The normalized spacial score (nSPS) is 11.0. The fraction of sp³-hybridized carbons (Fsp3) is 0.136. The maximum atomic E-state index is 13.1. The van der Waals surface area contributed by atoms with Gasteiger partial charge in [0.15, 0.2) is 11.2 Å². The van der Waals surface area contributed by atoms with Gasteiger partial charge < -0.3 is 14.4 Å². The van der Waals surface area contributed by atoms with Crippen LogP contribution in [-0.4, -0.2) is 15.6 Å². The van der Waals surface area contributed by atoms with Crippen molar-refractivity contribution in [1.29, 1.82) is 0 Å². The smallest absolute Gasteiger partial charge is 0.245 e. The van der Waals surface area contributed by atoms with Crippen LogP contribution in [0.3, 0.4) is 0 Å². The summed E-state index contributed by atoms with van der Waals surface area (Å²) in [5.74, 6) is 0.688. The minimum atomic E-state index is -0.271. The second kappa shape index (κ2) is 7.56. The Balaban J connectivity index is 1.79. The molecule has 7 heteroatoms. The molecule has 6 nitrogen and oxygen atoms in total. The van der Waals surface area contributed by atoms with Gasteiger partial charge in [-0.2, -0.15) is 0 Å². The highest BCUT2D eigenvalue weighted by Crippen LogP contribution is 2.23. The monoisotopic (exact) mass is 407 g/mol. The van der Waals surface area contributed by atoms with E-state index in [0.717, 1.165) is 11.1 Å². The molecule has 0 spiro atoms. The molecule has 1 amide bonds. The zero-order chi connectivity index (χ0) is 20.5. The summed E-state index contributed by atoms with van der Waals surface area (Å²) in [5, 5.41) is 7.63. The minimum absolute atomic E-state index is 0.0206. The van der Waals surface area contributed by atoms with Gasteiger partial charge >= 0.3 is 0 Å². The largest absolute Gasteiger partial charge is 0.360 e. The van der Waals surface area contributed by atoms with Gasteiger partial charge in [0.05, 0.1) is 5.52 Å². The van der Waals surface area contributed by atoms with Crippen LogP contribution in [0.15, 0.2) is 64.0 Å². The lowest BCUT2D eigenvalue weighted by Gasteiger charge is -2.14. The molecule has 0 saturated heterocycles. The number of hydrogen-bond acceptors (Lipinski definition) is 4. The fourth-order valence-corrected chi connectivity index (χ4v) is 3.35. The van der Waals surface area contributed by atoms with E-state index in [-0.39, 0.29) is 17.9 Å². The number of carbonyl (C=O) groups excluding carboxylic acids is 1. The highest BCUT2D eigenvalue weighted by molar-refractivity contribution is 6.30. The van der Waals surface area contributed by atoms with E-state index in [2.05, 4.69) is 10.5 Å². The van der Waals surface area contributed by atoms with Crippen molar-refractivity contribution in [3.63, 3.8) is 0 Å². The molecule has 0 saturated carbocycles. The van der Waals surface area contributed by atoms with Gasteiger partial charge in [0.1, 0.15) is 12.3 Å². The van der Waals surface area contributed by atoms with E-state index in [4.69, 9.17) is 16.1 Å². The summed E-state index contributed by atoms with van der Waals surface area (Å²) in [4.78, 5) is 25.7. The first kappa shape index (κ1) is 19.0. The molecule has 1 N–H and O–H groups in total. The van der Waals surface area contributed by atoms with Crippen LogP contribution in [0, 0.1) is 13.8 Å². The molecule has 0 unspecified atom stereocenters. The van der Waals surface area contributed by atoms with Crippen LogP contribution in [0.25, 0.3) is 22.0 Å². The molecule has 0 aliphatic carbocycles. The van der Waals surface area contributed by atoms with Gasteiger partial charge in [-0.3, -0.25) is 9.59 Å². The summed E-state index contributed by atoms with van der Waals surface area (Å²) in [7, 11) is 0. The number of aromatic nitrogens is 2. The van der Waals surface area contributed by atoms with E-state index in [1.807, 2.05) is 19.1 Å². The molecular weight excluding hydrogens is 390 g/mol. The molecule has 0 atom stereocenters. The van der Waals surface area contributed by atoms with E-state index in [0.29, 0.717) is 33.1 Å². The summed E-state index contributed by atoms with van der Waals surface area (Å²) in [6.45, 7) is 3.71. The number of nitrogens with zero attached hydrogens (tertiary/aromatic N) is 2. The summed E-state index contributed by atoms with van der Waals surface area (Å²) in [6.07, 6.45) is 1.71. The number of nitrogens with one attached hydrogen (secondary N) is 1. The molecule has 0 radical (unpaired) electrons. The number of anilines is 1. The number of halogens is 1. The highest BCUT2D eigenvalue weighted by atomic mass is 35.5. The Morgan fingerprint density at radius 3 is 2.59 bits per heavy atom. The number of hydrogen-bond donors (Lipinski definition) is 1. The first-order valence-electron chi connectivity index (χ1n) is 9.03. The van der Waals surface area contributed by atoms with Crippen molar-refractivity contribution < 1.29 is 9.32 Å². The first-order chi connectivity index (χ1) is 13.9. The number of amides is 1. The Bertz CT molecular complexity index is 1270. The zero-order valence-corrected chi connectivity index (χ0v) is 16.7. The van der Waals surface area contributed by atoms with Crippen molar-refractivity contribution in [1.82, 2.24) is 9.72 Å². The standard InChI is InChI=1S/C22H18ClN3O3/c1-13-3-8-17-19(9-13)26(12-21(27)24-20-10-14(2)29-25-20)11-18(22(17)28)15-4-6-16(23)7-5-15/h3-11H,12H2,1-2H3,(H,24,25,27). The van der Waals surface area contributed by atoms with Crippen molar-refractivity contribution >= 4 is 34.2 Å². The Kier molecular flexibility index (Phi) is 4.94. The molecule has 29 heavy (non-hydrogen) atoms. The molecular formula is C22H18ClN3O3. The molecule has 4 rings (SSSR count). The summed E-state index contributed by atoms with van der Waals surface area (Å²) >= 11 is 5.98. The Morgan fingerprint density at radius 2 is 1.90 bits per heavy atom. The topological polar surface area (TPSA) is 77.1 Å². The van der Waals surface area contributed by atoms with Crippen LogP contribution in [0.4, 0.5) is 5.82 Å². The summed E-state index contributed by atoms with van der Waals surface area (Å²) in [5.41, 5.74) is 2.84. The molecule has 2 aromatic carbocycles. The molecule has 0 aliphatic heterocycles. The van der Waals surface area contributed by atoms with Crippen molar-refractivity contribution in [2.24, 2.45) is 0 Å². The zero-order valence-electron chi connectivity index (χ0n) is 15.9. The predicted octanol–water partition coefficient (Wildman–Crippen LogP) is 4.57. The number of carbonyl (C=O) groups is 1. The third kappa shape index (κ3) is 3.93. The number of rotatable bonds is 4. The van der Waals surface area contributed by atoms with Crippen molar-refractivity contribution in [3.05, 3.63) is 81.3 Å². The Labute approximate surface area is 171 Å². The van der Waals surface area contributed by atoms with E-state index < -0.39 is 0 Å². The number of benzene rings is 2. The van der Waals surface area contributed by atoms with E-state index in [1.165, 1.54) is 0 Å². The number of fused-ring (bicyclic) bond motifs is 1. The molecule has 2 heterocycles. The van der Waals surface area contributed by atoms with Gasteiger partial charge in [-0.15, -0.1) is 0 Å². The van der Waals surface area contributed by atoms with Gasteiger partial charge in [-0.05, 0) is 49.2 Å². The van der Waals surface area contributed by atoms with E-state index in [9.17, 15) is 9.59 Å². The SMILES string of the molecule is Cc1ccc2c(=O)c(-c3ccc(Cl)cc3)cn(CC(=O)Nc3cc(C)on3)c2c1. The highest BCUT2D eigenvalue weighted by Gasteiger charge is 2.14. The first-order valence-corrected chi connectivity index (χ1v) is 9.41. The second-order valence-corrected chi connectivity index (χ2v) is 7.33. The second-order valence-electron chi connectivity index (χ2n) is 6.90. The molecule has 2 aromatic heterocycles. The Morgan fingerprint density at radius 1 is 1.14 bits per heavy atom. The maximum Gasteiger partial charge on any atom is 0.245 e. The minimum Gasteiger partial charge on any atom is -0.360 e. The van der Waals surface area contributed by atoms with Crippen LogP contribution in [0.2, 0.25) is 5.02 Å². The summed E-state index contributed by atoms with van der Waals surface area (Å²) in [6, 6.07) is 14.3. The molecule has 0 bridgehead atoms. The van der Waals surface area contributed by atoms with E-state index >= 15 is 0 Å². The van der Waals surface area contributed by atoms with Crippen LogP contribution >= 0.6 is 11.6 Å². The fourth-order valence-electron chi connectivity index (χ4n) is 3.23. The third-order valence-corrected chi connectivity index (χ3v) is 4.85. The molecule has 146 valence electrons. The van der Waals surface area contributed by atoms with Gasteiger partial charge in [0, 0.05) is 28.2 Å². The van der Waals surface area contributed by atoms with Crippen LogP contribution in [0.5, 0.6) is 0 Å². The van der Waals surface area contributed by atoms with Crippen LogP contribution < -0.4 is 10.7 Å². The Hall–Kier alpha value is -3.38. The number of aryl methyl sites for hydroxylation is 2. The average Bonchev–Trinajstić information content (AvgIpc) is 3.09. The lowest BCUT2D eigenvalue weighted by atomic mass is 10.0. The quantitative estimate of drug-likeness (QED) is 0.537. The lowest BCUT2D eigenvalue weighted by molar-refractivity contribution is -0.116. The predicted molar refractivity (Wildman–Crippen MR) is 113 cm³/mol. The van der Waals surface area contributed by atoms with Crippen molar-refractivity contribution in [3.8, 4) is 11.1 Å². The van der Waals surface area contributed by atoms with Gasteiger partial charge in [0.2, 0.25) is 5.91 Å². The van der Waals surface area contributed by atoms with Crippen molar-refractivity contribution in [2.75, 3.05) is 5.32 Å². The summed E-state index contributed by atoms with van der Waals surface area (Å²) < 4.78 is 6.75. The molecule has 0 fully saturated rings. The van der Waals surface area contributed by atoms with Gasteiger partial charge in [0.25, 0.3) is 0 Å². The molecule has 4 aromatic rings. The molecule has 0 aliphatic rings. The lowest BCUT2D eigenvalue weighted by Crippen LogP contribution is -2.21. The van der Waals surface area contributed by atoms with E-state index in [1.54, 1.807) is 54.1 Å². The van der Waals surface area contributed by atoms with Crippen LogP contribution in [-0.2, 0) is 11.3 Å². The van der Waals surface area contributed by atoms with Crippen LogP contribution in [0.1, 0.15) is 11.3 Å². The maximum absolute atomic E-state index is 13.1. The average molecular weight is 408 g/mol.